The summed E-state index contributed by atoms with van der Waals surface area (Å²) in [5.74, 6) is 1.24. The lowest BCUT2D eigenvalue weighted by Gasteiger charge is -2.34. The first-order chi connectivity index (χ1) is 11.9. The Labute approximate surface area is 152 Å². The molecule has 0 amide bonds. The van der Waals surface area contributed by atoms with E-state index in [0.717, 1.165) is 49.5 Å². The molecule has 8 heteroatoms. The lowest BCUT2D eigenvalue weighted by molar-refractivity contribution is 0.226. The predicted octanol–water partition coefficient (Wildman–Crippen LogP) is 2.64. The first kappa shape index (κ1) is 17.2. The van der Waals surface area contributed by atoms with Gasteiger partial charge in [0.1, 0.15) is 9.97 Å². The van der Waals surface area contributed by atoms with Gasteiger partial charge in [0.05, 0.1) is 5.69 Å². The van der Waals surface area contributed by atoms with Crippen LogP contribution in [-0.2, 0) is 16.6 Å². The van der Waals surface area contributed by atoms with Crippen LogP contribution in [0.3, 0.4) is 0 Å². The predicted molar refractivity (Wildman–Crippen MR) is 96.0 cm³/mol. The number of fused-ring (bicyclic) bond motifs is 4. The highest BCUT2D eigenvalue weighted by Crippen LogP contribution is 2.34. The second-order valence-corrected chi connectivity index (χ2v) is 10.2. The first-order valence-corrected chi connectivity index (χ1v) is 11.0. The number of piperidine rings is 1. The van der Waals surface area contributed by atoms with Gasteiger partial charge in [-0.15, -0.1) is 11.3 Å². The Balaban J connectivity index is 1.57. The zero-order chi connectivity index (χ0) is 17.6. The fourth-order valence-corrected chi connectivity index (χ4v) is 6.88. The molecule has 0 saturated carbocycles. The summed E-state index contributed by atoms with van der Waals surface area (Å²) in [6, 6.07) is 3.56. The van der Waals surface area contributed by atoms with Gasteiger partial charge in [0, 0.05) is 37.8 Å². The quantitative estimate of drug-likeness (QED) is 0.814. The molecule has 2 aromatic heterocycles. The van der Waals surface area contributed by atoms with Crippen molar-refractivity contribution in [2.45, 2.75) is 43.5 Å². The van der Waals surface area contributed by atoms with Crippen molar-refractivity contribution in [2.75, 3.05) is 19.6 Å². The van der Waals surface area contributed by atoms with Crippen LogP contribution in [0.25, 0.3) is 0 Å². The van der Waals surface area contributed by atoms with Crippen molar-refractivity contribution in [3.8, 4) is 0 Å². The van der Waals surface area contributed by atoms with Crippen molar-refractivity contribution < 1.29 is 12.9 Å². The monoisotopic (exact) mass is 381 g/mol. The van der Waals surface area contributed by atoms with Gasteiger partial charge in [0.25, 0.3) is 10.0 Å². The van der Waals surface area contributed by atoms with Crippen molar-refractivity contribution in [1.82, 2.24) is 14.4 Å². The Kier molecular flexibility index (Phi) is 4.47. The van der Waals surface area contributed by atoms with Crippen molar-refractivity contribution in [1.29, 1.82) is 0 Å². The Morgan fingerprint density at radius 2 is 2.12 bits per heavy atom. The molecule has 25 heavy (non-hydrogen) atoms. The smallest absolute Gasteiger partial charge is 0.252 e. The lowest BCUT2D eigenvalue weighted by Crippen LogP contribution is -2.47. The van der Waals surface area contributed by atoms with Crippen LogP contribution in [-0.4, -0.2) is 48.5 Å². The standard InChI is InChI=1S/C17H23N3O3S2/c1-12-16(13(2)23-18-12)11-19-8-14-5-6-15(10-19)20(9-14)25(21,22)17-4-3-7-24-17/h3-4,7,14-15H,5-6,8-11H2,1-2H3/t14-,15+/m0/s1. The van der Waals surface area contributed by atoms with E-state index >= 15 is 0 Å². The summed E-state index contributed by atoms with van der Waals surface area (Å²) in [4.78, 5) is 2.37. The topological polar surface area (TPSA) is 66.7 Å². The van der Waals surface area contributed by atoms with Crippen LogP contribution >= 0.6 is 11.3 Å². The second kappa shape index (κ2) is 6.50. The number of hydrogen-bond donors (Lipinski definition) is 0. The molecule has 0 unspecified atom stereocenters. The van der Waals surface area contributed by atoms with Gasteiger partial charge in [-0.2, -0.15) is 4.31 Å². The SMILES string of the molecule is Cc1noc(C)c1CN1C[C@@H]2CC[C@H](C1)N(S(=O)(=O)c1cccs1)C2. The van der Waals surface area contributed by atoms with Crippen LogP contribution < -0.4 is 0 Å². The molecule has 2 bridgehead atoms. The molecule has 3 aliphatic rings. The van der Waals surface area contributed by atoms with Crippen LogP contribution in [0.1, 0.15) is 29.9 Å². The van der Waals surface area contributed by atoms with Crippen LogP contribution in [0.2, 0.25) is 0 Å². The first-order valence-electron chi connectivity index (χ1n) is 8.64. The Morgan fingerprint density at radius 1 is 1.28 bits per heavy atom. The molecule has 2 aromatic rings. The molecule has 0 N–H and O–H groups in total. The molecule has 0 spiro atoms. The summed E-state index contributed by atoms with van der Waals surface area (Å²) >= 11 is 1.30. The van der Waals surface area contributed by atoms with E-state index in [2.05, 4.69) is 10.1 Å². The number of sulfonamides is 1. The highest BCUT2D eigenvalue weighted by Gasteiger charge is 2.41. The van der Waals surface area contributed by atoms with Crippen molar-refractivity contribution >= 4 is 21.4 Å². The average Bonchev–Trinajstić information content (AvgIpc) is 3.13. The fourth-order valence-electron chi connectivity index (χ4n) is 4.04. The van der Waals surface area contributed by atoms with Gasteiger partial charge in [-0.3, -0.25) is 4.90 Å². The average molecular weight is 382 g/mol. The van der Waals surface area contributed by atoms with Gasteiger partial charge < -0.3 is 4.52 Å². The van der Waals surface area contributed by atoms with Crippen LogP contribution in [0.4, 0.5) is 0 Å². The third kappa shape index (κ3) is 3.16. The minimum atomic E-state index is -3.38. The molecular weight excluding hydrogens is 358 g/mol. The van der Waals surface area contributed by atoms with E-state index in [0.29, 0.717) is 16.7 Å². The van der Waals surface area contributed by atoms with E-state index in [-0.39, 0.29) is 6.04 Å². The molecule has 136 valence electrons. The number of thiophene rings is 1. The fraction of sp³-hybridized carbons (Fsp3) is 0.588. The summed E-state index contributed by atoms with van der Waals surface area (Å²) in [7, 11) is -3.38. The summed E-state index contributed by atoms with van der Waals surface area (Å²) in [5, 5.41) is 5.87. The second-order valence-electron chi connectivity index (χ2n) is 7.10. The van der Waals surface area contributed by atoms with E-state index < -0.39 is 10.0 Å². The minimum absolute atomic E-state index is 0.0475. The molecule has 0 aliphatic carbocycles. The zero-order valence-corrected chi connectivity index (χ0v) is 16.1. The van der Waals surface area contributed by atoms with Crippen molar-refractivity contribution in [2.24, 2.45) is 5.92 Å². The van der Waals surface area contributed by atoms with Gasteiger partial charge in [0.2, 0.25) is 0 Å². The summed E-state index contributed by atoms with van der Waals surface area (Å²) in [6.45, 7) is 7.01. The van der Waals surface area contributed by atoms with Gasteiger partial charge in [-0.1, -0.05) is 11.2 Å². The maximum absolute atomic E-state index is 13.0. The lowest BCUT2D eigenvalue weighted by atomic mass is 9.97. The maximum Gasteiger partial charge on any atom is 0.252 e. The summed E-state index contributed by atoms with van der Waals surface area (Å²) in [5.41, 5.74) is 2.06. The molecule has 3 saturated heterocycles. The largest absolute Gasteiger partial charge is 0.361 e. The van der Waals surface area contributed by atoms with Crippen molar-refractivity contribution in [3.05, 3.63) is 34.5 Å². The number of nitrogens with zero attached hydrogens (tertiary/aromatic N) is 3. The Hall–Kier alpha value is -1.22. The van der Waals surface area contributed by atoms with Gasteiger partial charge in [-0.25, -0.2) is 8.42 Å². The molecule has 2 atom stereocenters. The number of aromatic nitrogens is 1. The number of rotatable bonds is 4. The highest BCUT2D eigenvalue weighted by atomic mass is 32.2. The molecule has 3 aliphatic heterocycles. The number of hydrogen-bond acceptors (Lipinski definition) is 6. The molecular formula is C17H23N3O3S2. The third-order valence-electron chi connectivity index (χ3n) is 5.36. The molecule has 3 fully saturated rings. The van der Waals surface area contributed by atoms with Gasteiger partial charge in [0.15, 0.2) is 0 Å². The summed E-state index contributed by atoms with van der Waals surface area (Å²) in [6.07, 6.45) is 2.03. The normalized spacial score (nSPS) is 25.4. The molecule has 5 rings (SSSR count). The van der Waals surface area contributed by atoms with Crippen LogP contribution in [0.5, 0.6) is 0 Å². The van der Waals surface area contributed by atoms with Crippen LogP contribution in [0.15, 0.2) is 26.2 Å². The van der Waals surface area contributed by atoms with E-state index in [9.17, 15) is 8.42 Å². The van der Waals surface area contributed by atoms with E-state index in [1.807, 2.05) is 19.2 Å². The van der Waals surface area contributed by atoms with Crippen molar-refractivity contribution in [3.63, 3.8) is 0 Å². The molecule has 0 aromatic carbocycles. The number of aryl methyl sites for hydroxylation is 2. The Bertz CT molecular complexity index is 825. The molecule has 5 heterocycles. The van der Waals surface area contributed by atoms with Gasteiger partial charge >= 0.3 is 0 Å². The van der Waals surface area contributed by atoms with Gasteiger partial charge in [-0.05, 0) is 44.1 Å². The van der Waals surface area contributed by atoms with Crippen LogP contribution in [0, 0.1) is 19.8 Å². The minimum Gasteiger partial charge on any atom is -0.361 e. The molecule has 0 radical (unpaired) electrons. The highest BCUT2D eigenvalue weighted by molar-refractivity contribution is 7.91. The van der Waals surface area contributed by atoms with E-state index in [1.54, 1.807) is 16.4 Å². The molecule has 6 nitrogen and oxygen atoms in total. The third-order valence-corrected chi connectivity index (χ3v) is 8.65. The maximum atomic E-state index is 13.0. The Morgan fingerprint density at radius 3 is 2.80 bits per heavy atom. The van der Waals surface area contributed by atoms with E-state index in [4.69, 9.17) is 4.52 Å². The zero-order valence-electron chi connectivity index (χ0n) is 14.5. The van der Waals surface area contributed by atoms with E-state index in [1.165, 1.54) is 11.3 Å². The summed E-state index contributed by atoms with van der Waals surface area (Å²) < 4.78 is 33.5.